The van der Waals surface area contributed by atoms with Crippen molar-refractivity contribution < 1.29 is 14.3 Å². The fraction of sp³-hybridized carbons (Fsp3) is 0.750. The maximum atomic E-state index is 11.2. The summed E-state index contributed by atoms with van der Waals surface area (Å²) in [6.45, 7) is 4.93. The Bertz CT molecular complexity index is 212. The first-order chi connectivity index (χ1) is 6.04. The molecule has 0 saturated carbocycles. The first-order valence-electron chi connectivity index (χ1n) is 4.07. The van der Waals surface area contributed by atoms with Gasteiger partial charge < -0.3 is 4.74 Å². The molecule has 0 rings (SSSR count). The minimum atomic E-state index is -1.50. The average molecular weight is 187 g/mol. The number of hydrogen-bond donors (Lipinski definition) is 0. The predicted octanol–water partition coefficient (Wildman–Crippen LogP) is 0.910. The van der Waals surface area contributed by atoms with Crippen molar-refractivity contribution >= 4 is 11.8 Å². The lowest BCUT2D eigenvalue weighted by Gasteiger charge is -2.08. The van der Waals surface area contributed by atoms with Gasteiger partial charge in [0.1, 0.15) is 0 Å². The Kier molecular flexibility index (Phi) is 4.87. The summed E-state index contributed by atoms with van der Waals surface area (Å²) < 4.78 is 4.51. The molecule has 0 aliphatic heterocycles. The van der Waals surface area contributed by atoms with Crippen molar-refractivity contribution in [2.45, 2.75) is 26.8 Å². The molecule has 13 heavy (non-hydrogen) atoms. The van der Waals surface area contributed by atoms with Crippen LogP contribution in [0.2, 0.25) is 0 Å². The molecule has 1 unspecified atom stereocenters. The largest absolute Gasteiger partial charge is 0.464 e. The molecule has 0 spiro atoms. The summed E-state index contributed by atoms with van der Waals surface area (Å²) in [5, 5.41) is 2.45. The van der Waals surface area contributed by atoms with Gasteiger partial charge in [-0.25, -0.2) is 4.79 Å². The third kappa shape index (κ3) is 3.31. The predicted molar refractivity (Wildman–Crippen MR) is 46.1 cm³/mol. The zero-order valence-electron chi connectivity index (χ0n) is 7.94. The third-order valence-corrected chi connectivity index (χ3v) is 1.45. The number of hydrogen-bond acceptors (Lipinski definition) is 5. The van der Waals surface area contributed by atoms with Gasteiger partial charge in [0.25, 0.3) is 0 Å². The normalized spacial score (nSPS) is 12.3. The van der Waals surface area contributed by atoms with Crippen molar-refractivity contribution in [3.63, 3.8) is 0 Å². The van der Waals surface area contributed by atoms with Crippen molar-refractivity contribution in [3.8, 4) is 0 Å². The molecule has 0 aliphatic carbocycles. The second-order valence-corrected chi connectivity index (χ2v) is 2.82. The summed E-state index contributed by atoms with van der Waals surface area (Å²) >= 11 is 0. The molecule has 0 heterocycles. The summed E-state index contributed by atoms with van der Waals surface area (Å²) in [7, 11) is 0. The lowest BCUT2D eigenvalue weighted by atomic mass is 10.0. The molecule has 0 N–H and O–H groups in total. The molecule has 0 aromatic heterocycles. The van der Waals surface area contributed by atoms with E-state index < -0.39 is 23.7 Å². The molecule has 5 nitrogen and oxygen atoms in total. The Morgan fingerprint density at radius 2 is 1.92 bits per heavy atom. The fourth-order valence-corrected chi connectivity index (χ4v) is 0.748. The minimum Gasteiger partial charge on any atom is -0.464 e. The van der Waals surface area contributed by atoms with Gasteiger partial charge >= 0.3 is 5.97 Å². The van der Waals surface area contributed by atoms with Crippen LogP contribution in [0.25, 0.3) is 0 Å². The zero-order valence-corrected chi connectivity index (χ0v) is 7.94. The minimum absolute atomic E-state index is 0.135. The van der Waals surface area contributed by atoms with E-state index in [9.17, 15) is 14.5 Å². The Morgan fingerprint density at radius 1 is 1.38 bits per heavy atom. The number of Topliss-reactive ketones (excluding diaryl/α,β-unsaturated/α-hetero) is 1. The summed E-state index contributed by atoms with van der Waals surface area (Å²) in [4.78, 5) is 32.4. The first-order valence-corrected chi connectivity index (χ1v) is 4.07. The van der Waals surface area contributed by atoms with Crippen molar-refractivity contribution in [3.05, 3.63) is 4.91 Å². The molecule has 0 radical (unpaired) electrons. The van der Waals surface area contributed by atoms with Crippen LogP contribution in [0.5, 0.6) is 0 Å². The molecule has 0 bridgehead atoms. The molecule has 74 valence electrons. The molecular weight excluding hydrogens is 174 g/mol. The Morgan fingerprint density at radius 3 is 2.23 bits per heavy atom. The molecule has 0 aromatic rings. The van der Waals surface area contributed by atoms with Crippen LogP contribution >= 0.6 is 0 Å². The number of carbonyl (C=O) groups excluding carboxylic acids is 2. The number of rotatable bonds is 5. The van der Waals surface area contributed by atoms with E-state index in [0.29, 0.717) is 0 Å². The maximum Gasteiger partial charge on any atom is 0.342 e. The van der Waals surface area contributed by atoms with Crippen molar-refractivity contribution in [1.29, 1.82) is 0 Å². The fourth-order valence-electron chi connectivity index (χ4n) is 0.748. The summed E-state index contributed by atoms with van der Waals surface area (Å²) in [5.74, 6) is -1.77. The Hall–Kier alpha value is -1.26. The highest BCUT2D eigenvalue weighted by Crippen LogP contribution is 2.05. The lowest BCUT2D eigenvalue weighted by Crippen LogP contribution is -2.32. The van der Waals surface area contributed by atoms with E-state index >= 15 is 0 Å². The van der Waals surface area contributed by atoms with Crippen molar-refractivity contribution in [2.75, 3.05) is 6.61 Å². The van der Waals surface area contributed by atoms with E-state index in [-0.39, 0.29) is 6.61 Å². The van der Waals surface area contributed by atoms with Crippen LogP contribution in [0.15, 0.2) is 5.18 Å². The van der Waals surface area contributed by atoms with Gasteiger partial charge in [-0.15, -0.1) is 4.91 Å². The van der Waals surface area contributed by atoms with Gasteiger partial charge in [0.05, 0.1) is 6.61 Å². The average Bonchev–Trinajstić information content (AvgIpc) is 2.05. The highest BCUT2D eigenvalue weighted by Gasteiger charge is 2.30. The lowest BCUT2D eigenvalue weighted by molar-refractivity contribution is -0.148. The summed E-state index contributed by atoms with van der Waals surface area (Å²) in [6.07, 6.45) is 0. The molecule has 0 aliphatic rings. The van der Waals surface area contributed by atoms with Crippen LogP contribution in [0.1, 0.15) is 20.8 Å². The molecule has 5 heteroatoms. The number of ether oxygens (including phenoxy) is 1. The first kappa shape index (κ1) is 11.7. The molecule has 0 fully saturated rings. The highest BCUT2D eigenvalue weighted by molar-refractivity contribution is 6.04. The van der Waals surface area contributed by atoms with Gasteiger partial charge in [-0.2, -0.15) is 0 Å². The van der Waals surface area contributed by atoms with E-state index in [4.69, 9.17) is 0 Å². The quantitative estimate of drug-likeness (QED) is 0.364. The Labute approximate surface area is 76.4 Å². The number of nitrogens with zero attached hydrogens (tertiary/aromatic N) is 1. The van der Waals surface area contributed by atoms with E-state index in [2.05, 4.69) is 9.91 Å². The third-order valence-electron chi connectivity index (χ3n) is 1.45. The van der Waals surface area contributed by atoms with Crippen LogP contribution in [0.4, 0.5) is 0 Å². The molecule has 0 saturated heterocycles. The van der Waals surface area contributed by atoms with Gasteiger partial charge in [-0.1, -0.05) is 13.8 Å². The summed E-state index contributed by atoms with van der Waals surface area (Å²) in [5.41, 5.74) is 0. The monoisotopic (exact) mass is 187 g/mol. The zero-order chi connectivity index (χ0) is 10.4. The topological polar surface area (TPSA) is 72.8 Å². The molecule has 0 amide bonds. The smallest absolute Gasteiger partial charge is 0.342 e. The number of carbonyl (C=O) groups is 2. The van der Waals surface area contributed by atoms with Crippen LogP contribution in [-0.4, -0.2) is 24.4 Å². The van der Waals surface area contributed by atoms with Crippen molar-refractivity contribution in [2.24, 2.45) is 11.1 Å². The van der Waals surface area contributed by atoms with Crippen LogP contribution < -0.4 is 0 Å². The number of ketones is 1. The Balaban J connectivity index is 4.41. The highest BCUT2D eigenvalue weighted by atomic mass is 16.5. The van der Waals surface area contributed by atoms with E-state index in [0.717, 1.165) is 0 Å². The van der Waals surface area contributed by atoms with E-state index in [1.165, 1.54) is 0 Å². The van der Waals surface area contributed by atoms with Gasteiger partial charge in [-0.05, 0) is 12.1 Å². The van der Waals surface area contributed by atoms with Crippen LogP contribution in [-0.2, 0) is 14.3 Å². The van der Waals surface area contributed by atoms with Gasteiger partial charge in [0.2, 0.25) is 6.04 Å². The number of nitroso groups, excluding NO2 is 1. The number of esters is 1. The molecule has 1 atom stereocenters. The second-order valence-electron chi connectivity index (χ2n) is 2.82. The van der Waals surface area contributed by atoms with Crippen molar-refractivity contribution in [1.82, 2.24) is 0 Å². The van der Waals surface area contributed by atoms with Gasteiger partial charge in [-0.3, -0.25) is 4.79 Å². The second kappa shape index (κ2) is 5.40. The molecular formula is C8H13NO4. The standard InChI is InChI=1S/C8H13NO4/c1-4-13-8(11)6(9-12)7(10)5(2)3/h5-6H,4H2,1-3H3. The molecule has 0 aromatic carbocycles. The van der Waals surface area contributed by atoms with Gasteiger partial charge in [0.15, 0.2) is 5.78 Å². The van der Waals surface area contributed by atoms with Crippen LogP contribution in [0.3, 0.4) is 0 Å². The van der Waals surface area contributed by atoms with E-state index in [1.54, 1.807) is 20.8 Å². The van der Waals surface area contributed by atoms with E-state index in [1.807, 2.05) is 0 Å². The SMILES string of the molecule is CCOC(=O)C(N=O)C(=O)C(C)C. The maximum absolute atomic E-state index is 11.2. The summed E-state index contributed by atoms with van der Waals surface area (Å²) in [6, 6.07) is -1.50. The van der Waals surface area contributed by atoms with Gasteiger partial charge in [0, 0.05) is 5.92 Å². The van der Waals surface area contributed by atoms with Crippen LogP contribution in [0, 0.1) is 10.8 Å².